The second-order valence-corrected chi connectivity index (χ2v) is 4.67. The first-order valence-corrected chi connectivity index (χ1v) is 6.22. The molecule has 90 valence electrons. The van der Waals surface area contributed by atoms with E-state index < -0.39 is 0 Å². The Morgan fingerprint density at radius 1 is 1.62 bits per heavy atom. The number of nitrogens with one attached hydrogen (secondary N) is 1. The fourth-order valence-corrected chi connectivity index (χ4v) is 2.27. The third-order valence-electron chi connectivity index (χ3n) is 3.23. The van der Waals surface area contributed by atoms with E-state index in [9.17, 15) is 0 Å². The van der Waals surface area contributed by atoms with Crippen LogP contribution in [0.1, 0.15) is 25.3 Å². The van der Waals surface area contributed by atoms with E-state index in [0.717, 1.165) is 32.6 Å². The molecule has 1 fully saturated rings. The molecule has 1 unspecified atom stereocenters. The number of aromatic nitrogens is 2. The lowest BCUT2D eigenvalue weighted by molar-refractivity contribution is 0.249. The third-order valence-corrected chi connectivity index (χ3v) is 3.23. The number of hydrogen-bond donors (Lipinski definition) is 1. The fraction of sp³-hybridized carbons (Fsp3) is 0.750. The zero-order valence-corrected chi connectivity index (χ0v) is 10.3. The van der Waals surface area contributed by atoms with Gasteiger partial charge in [0.2, 0.25) is 0 Å². The van der Waals surface area contributed by atoms with Crippen LogP contribution < -0.4 is 5.32 Å². The summed E-state index contributed by atoms with van der Waals surface area (Å²) >= 11 is 0. The topological polar surface area (TPSA) is 33.1 Å². The highest BCUT2D eigenvalue weighted by Gasteiger charge is 2.19. The SMILES string of the molecule is CCCn1cc(CN(C)C2CCNC2)cn1. The summed E-state index contributed by atoms with van der Waals surface area (Å²) < 4.78 is 2.04. The van der Waals surface area contributed by atoms with Crippen LogP contribution in [0.2, 0.25) is 0 Å². The lowest BCUT2D eigenvalue weighted by atomic mass is 10.2. The van der Waals surface area contributed by atoms with Gasteiger partial charge in [-0.05, 0) is 26.4 Å². The molecule has 2 heterocycles. The largest absolute Gasteiger partial charge is 0.315 e. The normalized spacial score (nSPS) is 20.8. The van der Waals surface area contributed by atoms with Crippen molar-refractivity contribution in [1.82, 2.24) is 20.0 Å². The summed E-state index contributed by atoms with van der Waals surface area (Å²) in [5, 5.41) is 7.76. The minimum atomic E-state index is 0.689. The molecule has 0 aliphatic carbocycles. The molecule has 0 spiro atoms. The lowest BCUT2D eigenvalue weighted by Crippen LogP contribution is -2.32. The molecule has 2 rings (SSSR count). The zero-order chi connectivity index (χ0) is 11.4. The molecular formula is C12H22N4. The summed E-state index contributed by atoms with van der Waals surface area (Å²) in [5.74, 6) is 0. The molecule has 16 heavy (non-hydrogen) atoms. The van der Waals surface area contributed by atoms with Crippen molar-refractivity contribution in [3.8, 4) is 0 Å². The Kier molecular flexibility index (Phi) is 3.96. The van der Waals surface area contributed by atoms with Crippen LogP contribution in [0.25, 0.3) is 0 Å². The van der Waals surface area contributed by atoms with Gasteiger partial charge in [-0.25, -0.2) is 0 Å². The molecule has 0 amide bonds. The Balaban J connectivity index is 1.87. The van der Waals surface area contributed by atoms with E-state index in [4.69, 9.17) is 0 Å². The number of aryl methyl sites for hydroxylation is 1. The average molecular weight is 222 g/mol. The molecule has 1 aliphatic rings. The van der Waals surface area contributed by atoms with Gasteiger partial charge in [0.05, 0.1) is 6.20 Å². The number of hydrogen-bond acceptors (Lipinski definition) is 3. The molecule has 1 atom stereocenters. The summed E-state index contributed by atoms with van der Waals surface area (Å²) in [5.41, 5.74) is 1.32. The van der Waals surface area contributed by atoms with Gasteiger partial charge in [0.1, 0.15) is 0 Å². The standard InChI is InChI=1S/C12H22N4/c1-3-6-16-10-11(7-14-16)9-15(2)12-4-5-13-8-12/h7,10,12-13H,3-6,8-9H2,1-2H3. The van der Waals surface area contributed by atoms with Gasteiger partial charge in [0.15, 0.2) is 0 Å². The Morgan fingerprint density at radius 2 is 2.50 bits per heavy atom. The second kappa shape index (κ2) is 5.46. The van der Waals surface area contributed by atoms with Crippen molar-refractivity contribution in [3.63, 3.8) is 0 Å². The second-order valence-electron chi connectivity index (χ2n) is 4.67. The van der Waals surface area contributed by atoms with Gasteiger partial charge < -0.3 is 5.32 Å². The van der Waals surface area contributed by atoms with E-state index in [1.165, 1.54) is 12.0 Å². The molecule has 0 aromatic carbocycles. The Labute approximate surface area is 97.6 Å². The maximum atomic E-state index is 4.36. The molecule has 4 nitrogen and oxygen atoms in total. The molecule has 4 heteroatoms. The van der Waals surface area contributed by atoms with E-state index in [2.05, 4.69) is 35.5 Å². The zero-order valence-electron chi connectivity index (χ0n) is 10.3. The van der Waals surface area contributed by atoms with E-state index in [1.807, 2.05) is 10.9 Å². The monoisotopic (exact) mass is 222 g/mol. The van der Waals surface area contributed by atoms with Crippen molar-refractivity contribution in [2.24, 2.45) is 0 Å². The predicted molar refractivity (Wildman–Crippen MR) is 65.3 cm³/mol. The molecule has 1 saturated heterocycles. The summed E-state index contributed by atoms with van der Waals surface area (Å²) in [6, 6.07) is 0.689. The van der Waals surface area contributed by atoms with Gasteiger partial charge in [-0.2, -0.15) is 5.10 Å². The molecule has 0 bridgehead atoms. The average Bonchev–Trinajstić information content (AvgIpc) is 2.89. The van der Waals surface area contributed by atoms with E-state index in [-0.39, 0.29) is 0 Å². The quantitative estimate of drug-likeness (QED) is 0.809. The van der Waals surface area contributed by atoms with Crippen molar-refractivity contribution in [2.45, 2.75) is 38.9 Å². The number of nitrogens with zero attached hydrogens (tertiary/aromatic N) is 3. The highest BCUT2D eigenvalue weighted by atomic mass is 15.3. The van der Waals surface area contributed by atoms with Crippen molar-refractivity contribution >= 4 is 0 Å². The van der Waals surface area contributed by atoms with Crippen molar-refractivity contribution in [1.29, 1.82) is 0 Å². The minimum absolute atomic E-state index is 0.689. The van der Waals surface area contributed by atoms with Crippen LogP contribution in [-0.4, -0.2) is 40.9 Å². The van der Waals surface area contributed by atoms with Crippen molar-refractivity contribution in [2.75, 3.05) is 20.1 Å². The molecule has 1 N–H and O–H groups in total. The first kappa shape index (κ1) is 11.6. The predicted octanol–water partition coefficient (Wildman–Crippen LogP) is 1.09. The number of likely N-dealkylation sites (N-methyl/N-ethyl adjacent to an activating group) is 1. The Hall–Kier alpha value is -0.870. The van der Waals surface area contributed by atoms with Crippen LogP contribution in [0.3, 0.4) is 0 Å². The molecule has 0 saturated carbocycles. The van der Waals surface area contributed by atoms with Crippen LogP contribution in [0, 0.1) is 0 Å². The lowest BCUT2D eigenvalue weighted by Gasteiger charge is -2.22. The Bertz CT molecular complexity index is 315. The van der Waals surface area contributed by atoms with Crippen LogP contribution in [0.15, 0.2) is 12.4 Å². The van der Waals surface area contributed by atoms with Gasteiger partial charge in [-0.15, -0.1) is 0 Å². The van der Waals surface area contributed by atoms with Gasteiger partial charge in [0, 0.05) is 37.4 Å². The van der Waals surface area contributed by atoms with Crippen LogP contribution >= 0.6 is 0 Å². The van der Waals surface area contributed by atoms with Crippen LogP contribution in [-0.2, 0) is 13.1 Å². The smallest absolute Gasteiger partial charge is 0.0534 e. The van der Waals surface area contributed by atoms with Gasteiger partial charge in [0.25, 0.3) is 0 Å². The first-order valence-electron chi connectivity index (χ1n) is 6.22. The molecular weight excluding hydrogens is 200 g/mol. The minimum Gasteiger partial charge on any atom is -0.315 e. The van der Waals surface area contributed by atoms with Crippen LogP contribution in [0.5, 0.6) is 0 Å². The van der Waals surface area contributed by atoms with Gasteiger partial charge in [-0.1, -0.05) is 6.92 Å². The van der Waals surface area contributed by atoms with E-state index in [0.29, 0.717) is 6.04 Å². The maximum Gasteiger partial charge on any atom is 0.0534 e. The Morgan fingerprint density at radius 3 is 3.19 bits per heavy atom. The summed E-state index contributed by atoms with van der Waals surface area (Å²) in [7, 11) is 2.20. The summed E-state index contributed by atoms with van der Waals surface area (Å²) in [6.45, 7) is 6.49. The molecule has 0 radical (unpaired) electrons. The van der Waals surface area contributed by atoms with Crippen molar-refractivity contribution < 1.29 is 0 Å². The van der Waals surface area contributed by atoms with Gasteiger partial charge in [-0.3, -0.25) is 9.58 Å². The summed E-state index contributed by atoms with van der Waals surface area (Å²) in [6.07, 6.45) is 6.57. The maximum absolute atomic E-state index is 4.36. The van der Waals surface area contributed by atoms with Crippen LogP contribution in [0.4, 0.5) is 0 Å². The molecule has 1 aromatic heterocycles. The molecule has 1 aliphatic heterocycles. The third kappa shape index (κ3) is 2.83. The number of rotatable bonds is 5. The molecule has 1 aromatic rings. The van der Waals surface area contributed by atoms with E-state index >= 15 is 0 Å². The van der Waals surface area contributed by atoms with Gasteiger partial charge >= 0.3 is 0 Å². The van der Waals surface area contributed by atoms with Crippen molar-refractivity contribution in [3.05, 3.63) is 18.0 Å². The highest BCUT2D eigenvalue weighted by molar-refractivity contribution is 5.04. The highest BCUT2D eigenvalue weighted by Crippen LogP contribution is 2.10. The summed E-state index contributed by atoms with van der Waals surface area (Å²) in [4.78, 5) is 2.42. The fourth-order valence-electron chi connectivity index (χ4n) is 2.27. The van der Waals surface area contributed by atoms with E-state index in [1.54, 1.807) is 0 Å². The first-order chi connectivity index (χ1) is 7.79.